The number of halogens is 1. The van der Waals surface area contributed by atoms with Crippen LogP contribution in [0, 0.1) is 11.3 Å². The van der Waals surface area contributed by atoms with E-state index in [4.69, 9.17) is 5.26 Å². The Kier molecular flexibility index (Phi) is 3.20. The third-order valence-electron chi connectivity index (χ3n) is 2.62. The quantitative estimate of drug-likeness (QED) is 0.742. The highest BCUT2D eigenvalue weighted by Gasteiger charge is 2.04. The second kappa shape index (κ2) is 5.00. The van der Waals surface area contributed by atoms with Gasteiger partial charge in [0.2, 0.25) is 0 Å². The second-order valence-corrected chi connectivity index (χ2v) is 5.89. The lowest BCUT2D eigenvalue weighted by atomic mass is 10.2. The zero-order valence-electron chi connectivity index (χ0n) is 9.72. The number of benzene rings is 2. The van der Waals surface area contributed by atoms with Gasteiger partial charge in [0.1, 0.15) is 0 Å². The van der Waals surface area contributed by atoms with Gasteiger partial charge in [-0.05, 0) is 42.5 Å². The van der Waals surface area contributed by atoms with Crippen molar-refractivity contribution in [3.63, 3.8) is 0 Å². The van der Waals surface area contributed by atoms with Crippen molar-refractivity contribution in [1.29, 1.82) is 5.26 Å². The number of nitriles is 1. The molecule has 1 N–H and O–H groups in total. The third-order valence-corrected chi connectivity index (χ3v) is 4.04. The van der Waals surface area contributed by atoms with Gasteiger partial charge in [0, 0.05) is 10.2 Å². The van der Waals surface area contributed by atoms with Gasteiger partial charge in [-0.1, -0.05) is 27.3 Å². The fourth-order valence-electron chi connectivity index (χ4n) is 1.70. The van der Waals surface area contributed by atoms with Crippen LogP contribution < -0.4 is 5.32 Å². The van der Waals surface area contributed by atoms with Crippen molar-refractivity contribution in [2.24, 2.45) is 0 Å². The summed E-state index contributed by atoms with van der Waals surface area (Å²) < 4.78 is 2.18. The number of aromatic nitrogens is 1. The molecule has 92 valence electrons. The lowest BCUT2D eigenvalue weighted by Gasteiger charge is -2.01. The molecule has 0 amide bonds. The van der Waals surface area contributed by atoms with E-state index in [1.165, 1.54) is 0 Å². The topological polar surface area (TPSA) is 48.7 Å². The van der Waals surface area contributed by atoms with Crippen LogP contribution in [0.2, 0.25) is 0 Å². The monoisotopic (exact) mass is 329 g/mol. The van der Waals surface area contributed by atoms with E-state index < -0.39 is 0 Å². The van der Waals surface area contributed by atoms with Crippen LogP contribution in [-0.4, -0.2) is 4.98 Å². The van der Waals surface area contributed by atoms with Crippen molar-refractivity contribution >= 4 is 48.3 Å². The van der Waals surface area contributed by atoms with Crippen molar-refractivity contribution in [3.05, 3.63) is 52.5 Å². The fraction of sp³-hybridized carbons (Fsp3) is 0. The normalized spacial score (nSPS) is 10.3. The van der Waals surface area contributed by atoms with Crippen LogP contribution >= 0.6 is 27.3 Å². The summed E-state index contributed by atoms with van der Waals surface area (Å²) >= 11 is 5.05. The van der Waals surface area contributed by atoms with Gasteiger partial charge < -0.3 is 5.32 Å². The highest BCUT2D eigenvalue weighted by atomic mass is 79.9. The maximum atomic E-state index is 8.75. The van der Waals surface area contributed by atoms with Crippen LogP contribution in [0.3, 0.4) is 0 Å². The van der Waals surface area contributed by atoms with Crippen LogP contribution in [0.25, 0.3) is 10.2 Å². The first-order valence-corrected chi connectivity index (χ1v) is 7.19. The summed E-state index contributed by atoms with van der Waals surface area (Å²) in [5, 5.41) is 12.8. The number of fused-ring (bicyclic) bond motifs is 1. The molecule has 0 unspecified atom stereocenters. The van der Waals surface area contributed by atoms with Gasteiger partial charge in [0.05, 0.1) is 21.8 Å². The highest BCUT2D eigenvalue weighted by molar-refractivity contribution is 9.10. The molecule has 0 spiro atoms. The Morgan fingerprint density at radius 3 is 2.68 bits per heavy atom. The molecular weight excluding hydrogens is 322 g/mol. The highest BCUT2D eigenvalue weighted by Crippen LogP contribution is 2.30. The molecular formula is C14H8BrN3S. The molecule has 3 rings (SSSR count). The minimum Gasteiger partial charge on any atom is -0.332 e. The number of anilines is 2. The molecule has 0 aliphatic carbocycles. The largest absolute Gasteiger partial charge is 0.332 e. The van der Waals surface area contributed by atoms with Crippen LogP contribution in [0.1, 0.15) is 5.56 Å². The molecule has 0 aliphatic rings. The van der Waals surface area contributed by atoms with Crippen molar-refractivity contribution in [2.75, 3.05) is 5.32 Å². The van der Waals surface area contributed by atoms with E-state index in [-0.39, 0.29) is 0 Å². The summed E-state index contributed by atoms with van der Waals surface area (Å²) in [4.78, 5) is 4.51. The molecule has 19 heavy (non-hydrogen) atoms. The minimum atomic E-state index is 0.652. The van der Waals surface area contributed by atoms with E-state index in [0.29, 0.717) is 5.56 Å². The van der Waals surface area contributed by atoms with Gasteiger partial charge >= 0.3 is 0 Å². The summed E-state index contributed by atoms with van der Waals surface area (Å²) in [6.45, 7) is 0. The maximum Gasteiger partial charge on any atom is 0.188 e. The first kappa shape index (κ1) is 12.2. The third kappa shape index (κ3) is 2.60. The van der Waals surface area contributed by atoms with E-state index in [9.17, 15) is 0 Å². The number of thiazole rings is 1. The molecule has 5 heteroatoms. The predicted octanol–water partition coefficient (Wildman–Crippen LogP) is 4.67. The Balaban J connectivity index is 1.90. The second-order valence-electron chi connectivity index (χ2n) is 3.95. The summed E-state index contributed by atoms with van der Waals surface area (Å²) in [6, 6.07) is 15.4. The molecule has 0 saturated heterocycles. The Bertz CT molecular complexity index is 771. The van der Waals surface area contributed by atoms with E-state index in [2.05, 4.69) is 38.4 Å². The Morgan fingerprint density at radius 2 is 1.95 bits per heavy atom. The van der Waals surface area contributed by atoms with Gasteiger partial charge in [-0.15, -0.1) is 0 Å². The Labute approximate surface area is 122 Å². The molecule has 2 aromatic carbocycles. The molecule has 0 aliphatic heterocycles. The van der Waals surface area contributed by atoms with E-state index >= 15 is 0 Å². The number of nitrogens with zero attached hydrogens (tertiary/aromatic N) is 2. The lowest BCUT2D eigenvalue weighted by Crippen LogP contribution is -1.88. The number of hydrogen-bond donors (Lipinski definition) is 1. The van der Waals surface area contributed by atoms with E-state index in [0.717, 1.165) is 25.5 Å². The molecule has 0 bridgehead atoms. The van der Waals surface area contributed by atoms with Gasteiger partial charge in [0.25, 0.3) is 0 Å². The summed E-state index contributed by atoms with van der Waals surface area (Å²) in [6.07, 6.45) is 0. The molecule has 1 heterocycles. The van der Waals surface area contributed by atoms with Gasteiger partial charge in [0.15, 0.2) is 5.13 Å². The smallest absolute Gasteiger partial charge is 0.188 e. The zero-order valence-corrected chi connectivity index (χ0v) is 12.1. The van der Waals surface area contributed by atoms with E-state index in [1.54, 1.807) is 23.5 Å². The molecule has 3 aromatic rings. The Morgan fingerprint density at radius 1 is 1.16 bits per heavy atom. The summed E-state index contributed by atoms with van der Waals surface area (Å²) in [5.74, 6) is 0. The van der Waals surface area contributed by atoms with Crippen molar-refractivity contribution in [2.45, 2.75) is 0 Å². The number of rotatable bonds is 2. The van der Waals surface area contributed by atoms with Crippen molar-refractivity contribution in [1.82, 2.24) is 4.98 Å². The van der Waals surface area contributed by atoms with E-state index in [1.807, 2.05) is 24.3 Å². The summed E-state index contributed by atoms with van der Waals surface area (Å²) in [7, 11) is 0. The fourth-order valence-corrected chi connectivity index (χ4v) is 3.14. The average molecular weight is 330 g/mol. The molecule has 1 aromatic heterocycles. The maximum absolute atomic E-state index is 8.75. The average Bonchev–Trinajstić information content (AvgIpc) is 2.81. The summed E-state index contributed by atoms with van der Waals surface area (Å²) in [5.41, 5.74) is 2.56. The lowest BCUT2D eigenvalue weighted by molar-refractivity contribution is 1.43. The van der Waals surface area contributed by atoms with Gasteiger partial charge in [-0.25, -0.2) is 4.98 Å². The van der Waals surface area contributed by atoms with Crippen molar-refractivity contribution in [3.8, 4) is 6.07 Å². The van der Waals surface area contributed by atoms with Crippen LogP contribution in [0.15, 0.2) is 46.9 Å². The number of nitrogens with one attached hydrogen (secondary N) is 1. The molecule has 0 atom stereocenters. The first-order valence-electron chi connectivity index (χ1n) is 5.58. The van der Waals surface area contributed by atoms with Crippen LogP contribution in [0.4, 0.5) is 10.8 Å². The van der Waals surface area contributed by atoms with Crippen LogP contribution in [-0.2, 0) is 0 Å². The van der Waals surface area contributed by atoms with Crippen LogP contribution in [0.5, 0.6) is 0 Å². The molecule has 3 nitrogen and oxygen atoms in total. The standard InChI is InChI=1S/C14H8BrN3S/c15-10-3-6-12-13(7-10)19-14(18-12)17-11-4-1-9(8-16)2-5-11/h1-7H,(H,17,18). The molecule has 0 radical (unpaired) electrons. The predicted molar refractivity (Wildman–Crippen MR) is 81.8 cm³/mol. The molecule has 0 fully saturated rings. The van der Waals surface area contributed by atoms with Gasteiger partial charge in [-0.3, -0.25) is 0 Å². The number of hydrogen-bond acceptors (Lipinski definition) is 4. The molecule has 0 saturated carbocycles. The Hall–Kier alpha value is -1.90. The SMILES string of the molecule is N#Cc1ccc(Nc2nc3ccc(Br)cc3s2)cc1. The minimum absolute atomic E-state index is 0.652. The van der Waals surface area contributed by atoms with Gasteiger partial charge in [-0.2, -0.15) is 5.26 Å². The first-order chi connectivity index (χ1) is 9.24. The van der Waals surface area contributed by atoms with Crippen molar-refractivity contribution < 1.29 is 0 Å². The zero-order chi connectivity index (χ0) is 13.2.